The normalized spacial score (nSPS) is 12.4. The number of nitrogens with one attached hydrogen (secondary N) is 1. The zero-order valence-corrected chi connectivity index (χ0v) is 12.4. The summed E-state index contributed by atoms with van der Waals surface area (Å²) < 4.78 is 0.901. The predicted octanol–water partition coefficient (Wildman–Crippen LogP) is 4.31. The summed E-state index contributed by atoms with van der Waals surface area (Å²) in [5, 5.41) is 1.35. The van der Waals surface area contributed by atoms with Crippen LogP contribution in [0.15, 0.2) is 46.9 Å². The summed E-state index contributed by atoms with van der Waals surface area (Å²) in [5.41, 5.74) is 4.79. The van der Waals surface area contributed by atoms with Crippen LogP contribution in [0.5, 0.6) is 0 Å². The number of benzene rings is 2. The minimum absolute atomic E-state index is 0.143. The van der Waals surface area contributed by atoms with Gasteiger partial charge in [0.1, 0.15) is 0 Å². The Kier molecular flexibility index (Phi) is 4.65. The molecule has 0 fully saturated rings. The number of rotatable bonds is 3. The first-order valence-electron chi connectivity index (χ1n) is 5.28. The van der Waals surface area contributed by atoms with Crippen molar-refractivity contribution in [3.8, 4) is 0 Å². The van der Waals surface area contributed by atoms with Crippen LogP contribution in [-0.4, -0.2) is 0 Å². The second-order valence-electron chi connectivity index (χ2n) is 3.82. The summed E-state index contributed by atoms with van der Waals surface area (Å²) >= 11 is 15.4. The third-order valence-corrected chi connectivity index (χ3v) is 3.78. The van der Waals surface area contributed by atoms with Crippen LogP contribution >= 0.6 is 39.1 Å². The molecule has 94 valence electrons. The lowest BCUT2D eigenvalue weighted by Crippen LogP contribution is -2.29. The van der Waals surface area contributed by atoms with E-state index in [1.165, 1.54) is 0 Å². The van der Waals surface area contributed by atoms with Gasteiger partial charge in [-0.05, 0) is 35.4 Å². The Balaban J connectivity index is 2.45. The van der Waals surface area contributed by atoms with Gasteiger partial charge in [0, 0.05) is 14.5 Å². The van der Waals surface area contributed by atoms with Crippen molar-refractivity contribution in [3.63, 3.8) is 0 Å². The van der Waals surface area contributed by atoms with E-state index < -0.39 is 0 Å². The highest BCUT2D eigenvalue weighted by Crippen LogP contribution is 2.31. The Morgan fingerprint density at radius 2 is 1.78 bits per heavy atom. The molecule has 1 unspecified atom stereocenters. The largest absolute Gasteiger partial charge is 0.271 e. The zero-order valence-electron chi connectivity index (χ0n) is 9.33. The molecule has 2 aromatic rings. The van der Waals surface area contributed by atoms with E-state index in [1.54, 1.807) is 0 Å². The SMILES string of the molecule is NNC(c1cccc(Cl)c1)c1ccc(Cl)cc1Br. The summed E-state index contributed by atoms with van der Waals surface area (Å²) in [5.74, 6) is 5.65. The van der Waals surface area contributed by atoms with Gasteiger partial charge < -0.3 is 0 Å². The molecule has 2 rings (SSSR count). The highest BCUT2D eigenvalue weighted by molar-refractivity contribution is 9.10. The molecule has 0 saturated heterocycles. The van der Waals surface area contributed by atoms with Crippen molar-refractivity contribution in [2.75, 3.05) is 0 Å². The van der Waals surface area contributed by atoms with Crippen LogP contribution in [0.1, 0.15) is 17.2 Å². The summed E-state index contributed by atoms with van der Waals surface area (Å²) in [4.78, 5) is 0. The van der Waals surface area contributed by atoms with Crippen molar-refractivity contribution >= 4 is 39.1 Å². The van der Waals surface area contributed by atoms with Gasteiger partial charge >= 0.3 is 0 Å². The van der Waals surface area contributed by atoms with E-state index in [4.69, 9.17) is 29.0 Å². The summed E-state index contributed by atoms with van der Waals surface area (Å²) in [6.07, 6.45) is 0. The average molecular weight is 346 g/mol. The van der Waals surface area contributed by atoms with Gasteiger partial charge in [-0.2, -0.15) is 0 Å². The van der Waals surface area contributed by atoms with Crippen molar-refractivity contribution in [1.29, 1.82) is 0 Å². The first-order valence-corrected chi connectivity index (χ1v) is 6.83. The fourth-order valence-corrected chi connectivity index (χ4v) is 2.90. The lowest BCUT2D eigenvalue weighted by Gasteiger charge is -2.18. The van der Waals surface area contributed by atoms with Gasteiger partial charge in [-0.15, -0.1) is 0 Å². The summed E-state index contributed by atoms with van der Waals surface area (Å²) in [6.45, 7) is 0. The molecule has 0 aliphatic heterocycles. The summed E-state index contributed by atoms with van der Waals surface area (Å²) in [7, 11) is 0. The Bertz CT molecular complexity index is 560. The van der Waals surface area contributed by atoms with Crippen molar-refractivity contribution < 1.29 is 0 Å². The molecule has 5 heteroatoms. The third-order valence-electron chi connectivity index (χ3n) is 2.62. The number of nitrogens with two attached hydrogens (primary N) is 1. The maximum atomic E-state index is 6.00. The van der Waals surface area contributed by atoms with E-state index in [0.717, 1.165) is 15.6 Å². The van der Waals surface area contributed by atoms with Crippen molar-refractivity contribution in [2.45, 2.75) is 6.04 Å². The lowest BCUT2D eigenvalue weighted by atomic mass is 9.99. The minimum Gasteiger partial charge on any atom is -0.271 e. The van der Waals surface area contributed by atoms with Crippen LogP contribution in [-0.2, 0) is 0 Å². The molecule has 18 heavy (non-hydrogen) atoms. The van der Waals surface area contributed by atoms with Crippen LogP contribution in [0.4, 0.5) is 0 Å². The zero-order chi connectivity index (χ0) is 13.1. The molecule has 0 heterocycles. The minimum atomic E-state index is -0.143. The number of halogens is 3. The summed E-state index contributed by atoms with van der Waals surface area (Å²) in [6, 6.07) is 13.0. The van der Waals surface area contributed by atoms with Gasteiger partial charge in [0.05, 0.1) is 6.04 Å². The molecular formula is C13H11BrCl2N2. The lowest BCUT2D eigenvalue weighted by molar-refractivity contribution is 0.635. The monoisotopic (exact) mass is 344 g/mol. The highest BCUT2D eigenvalue weighted by Gasteiger charge is 2.15. The van der Waals surface area contributed by atoms with Crippen LogP contribution in [0.2, 0.25) is 10.0 Å². The second-order valence-corrected chi connectivity index (χ2v) is 5.55. The van der Waals surface area contributed by atoms with Crippen molar-refractivity contribution in [1.82, 2.24) is 5.43 Å². The first kappa shape index (κ1) is 13.8. The van der Waals surface area contributed by atoms with Gasteiger partial charge in [0.25, 0.3) is 0 Å². The van der Waals surface area contributed by atoms with E-state index in [0.29, 0.717) is 10.0 Å². The van der Waals surface area contributed by atoms with E-state index >= 15 is 0 Å². The Morgan fingerprint density at radius 3 is 2.39 bits per heavy atom. The molecule has 0 radical (unpaired) electrons. The molecule has 0 aliphatic rings. The van der Waals surface area contributed by atoms with Gasteiger partial charge in [0.15, 0.2) is 0 Å². The predicted molar refractivity (Wildman–Crippen MR) is 79.8 cm³/mol. The molecule has 0 saturated carbocycles. The standard InChI is InChI=1S/C13H11BrCl2N2/c14-12-7-10(16)4-5-11(12)13(18-17)8-2-1-3-9(15)6-8/h1-7,13,18H,17H2. The second kappa shape index (κ2) is 6.04. The fraction of sp³-hybridized carbons (Fsp3) is 0.0769. The van der Waals surface area contributed by atoms with Crippen LogP contribution in [0.3, 0.4) is 0 Å². The topological polar surface area (TPSA) is 38.0 Å². The molecular weight excluding hydrogens is 335 g/mol. The molecule has 0 aromatic heterocycles. The maximum Gasteiger partial charge on any atom is 0.0721 e. The molecule has 1 atom stereocenters. The molecule has 2 nitrogen and oxygen atoms in total. The first-order chi connectivity index (χ1) is 8.61. The Hall–Kier alpha value is -0.580. The van der Waals surface area contributed by atoms with Crippen LogP contribution < -0.4 is 11.3 Å². The van der Waals surface area contributed by atoms with E-state index in [9.17, 15) is 0 Å². The highest BCUT2D eigenvalue weighted by atomic mass is 79.9. The van der Waals surface area contributed by atoms with Gasteiger partial charge in [-0.3, -0.25) is 5.84 Å². The number of hydrogen-bond donors (Lipinski definition) is 2. The molecule has 0 spiro atoms. The van der Waals surface area contributed by atoms with Crippen molar-refractivity contribution in [2.24, 2.45) is 5.84 Å². The quantitative estimate of drug-likeness (QED) is 0.642. The van der Waals surface area contributed by atoms with Crippen LogP contribution in [0, 0.1) is 0 Å². The van der Waals surface area contributed by atoms with E-state index in [1.807, 2.05) is 42.5 Å². The van der Waals surface area contributed by atoms with Gasteiger partial charge in [0.2, 0.25) is 0 Å². The fourth-order valence-electron chi connectivity index (χ4n) is 1.79. The number of hydrazine groups is 1. The molecule has 2 aromatic carbocycles. The van der Waals surface area contributed by atoms with Crippen molar-refractivity contribution in [3.05, 3.63) is 68.1 Å². The van der Waals surface area contributed by atoms with Crippen LogP contribution in [0.25, 0.3) is 0 Å². The molecule has 0 aliphatic carbocycles. The smallest absolute Gasteiger partial charge is 0.0721 e. The maximum absolute atomic E-state index is 6.00. The van der Waals surface area contributed by atoms with Gasteiger partial charge in [-0.1, -0.05) is 57.3 Å². The molecule has 3 N–H and O–H groups in total. The van der Waals surface area contributed by atoms with Gasteiger partial charge in [-0.25, -0.2) is 5.43 Å². The Labute approximate surface area is 124 Å². The molecule has 0 amide bonds. The third kappa shape index (κ3) is 3.05. The number of hydrogen-bond acceptors (Lipinski definition) is 2. The Morgan fingerprint density at radius 1 is 1.06 bits per heavy atom. The average Bonchev–Trinajstić information content (AvgIpc) is 2.33. The van der Waals surface area contributed by atoms with E-state index in [-0.39, 0.29) is 6.04 Å². The van der Waals surface area contributed by atoms with E-state index in [2.05, 4.69) is 21.4 Å². The molecule has 0 bridgehead atoms.